The molecule has 2 aliphatic heterocycles. The fourth-order valence-electron chi connectivity index (χ4n) is 10.5. The van der Waals surface area contributed by atoms with Crippen LogP contribution in [0.2, 0.25) is 0 Å². The van der Waals surface area contributed by atoms with Gasteiger partial charge in [-0.25, -0.2) is 19.9 Å². The van der Waals surface area contributed by atoms with Crippen molar-refractivity contribution >= 4 is 92.0 Å². The standard InChI is InChI=1S/C56H40N6Si2/c1-5-21-41(22-6-1)63(42-23-7-2-8-24-42)49-33-17-13-29-45(49)61(46-30-14-18-34-50(46)63)53-37-39-57-55(59-53)56-58-40-38-54(60-56)62-47-31-15-19-35-51(47)64(43-25-9-3-10-26-43,44-27-11-4-12-28-44)52-36-20-16-32-48(52)62/h1-40H. The van der Waals surface area contributed by atoms with Gasteiger partial charge in [0, 0.05) is 35.1 Å². The van der Waals surface area contributed by atoms with E-state index >= 15 is 0 Å². The molecule has 8 heteroatoms. The number of hydrogen-bond acceptors (Lipinski definition) is 6. The number of hydrogen-bond donors (Lipinski definition) is 0. The molecule has 0 radical (unpaired) electrons. The molecular weight excluding hydrogens is 813 g/mol. The van der Waals surface area contributed by atoms with Gasteiger partial charge in [-0.15, -0.1) is 0 Å². The van der Waals surface area contributed by atoms with Crippen LogP contribution in [-0.2, 0) is 0 Å². The zero-order valence-electron chi connectivity index (χ0n) is 34.8. The van der Waals surface area contributed by atoms with E-state index in [9.17, 15) is 0 Å². The van der Waals surface area contributed by atoms with Gasteiger partial charge >= 0.3 is 0 Å². The minimum Gasteiger partial charge on any atom is -0.295 e. The SMILES string of the molecule is c1ccc([Si]2(c3ccccc3)c3ccccc3N(c3ccnc(-c4nccc(N5c6ccccc6[Si](c6ccccc6)(c6ccccc6)c6ccccc65)n4)n3)c3ccccc32)cc1. The molecule has 0 aliphatic carbocycles. The van der Waals surface area contributed by atoms with E-state index in [1.54, 1.807) is 0 Å². The molecule has 0 atom stereocenters. The summed E-state index contributed by atoms with van der Waals surface area (Å²) in [6.45, 7) is 0. The van der Waals surface area contributed by atoms with Crippen LogP contribution in [-0.4, -0.2) is 36.1 Å². The van der Waals surface area contributed by atoms with Crippen molar-refractivity contribution in [1.82, 2.24) is 19.9 Å². The van der Waals surface area contributed by atoms with Gasteiger partial charge in [-0.3, -0.25) is 9.80 Å². The van der Waals surface area contributed by atoms with Crippen LogP contribution in [0.3, 0.4) is 0 Å². The summed E-state index contributed by atoms with van der Waals surface area (Å²) in [5.41, 5.74) is 4.41. The van der Waals surface area contributed by atoms with Gasteiger partial charge in [0.2, 0.25) is 0 Å². The van der Waals surface area contributed by atoms with Gasteiger partial charge in [-0.05, 0) is 77.9 Å². The summed E-state index contributed by atoms with van der Waals surface area (Å²) in [6, 6.07) is 83.6. The maximum atomic E-state index is 5.33. The summed E-state index contributed by atoms with van der Waals surface area (Å²) in [7, 11) is -5.56. The lowest BCUT2D eigenvalue weighted by Crippen LogP contribution is -2.77. The van der Waals surface area contributed by atoms with Crippen molar-refractivity contribution in [3.8, 4) is 11.6 Å². The van der Waals surface area contributed by atoms with Crippen molar-refractivity contribution in [2.45, 2.75) is 0 Å². The van der Waals surface area contributed by atoms with Crippen LogP contribution >= 0.6 is 0 Å². The number of para-hydroxylation sites is 4. The van der Waals surface area contributed by atoms with Crippen molar-refractivity contribution in [3.05, 3.63) is 243 Å². The Morgan fingerprint density at radius 1 is 0.266 bits per heavy atom. The van der Waals surface area contributed by atoms with Gasteiger partial charge < -0.3 is 0 Å². The molecule has 0 saturated carbocycles. The predicted molar refractivity (Wildman–Crippen MR) is 267 cm³/mol. The number of aromatic nitrogens is 4. The molecule has 8 aromatic carbocycles. The highest BCUT2D eigenvalue weighted by Crippen LogP contribution is 2.40. The van der Waals surface area contributed by atoms with Gasteiger partial charge in [0.25, 0.3) is 0 Å². The maximum Gasteiger partial charge on any atom is 0.199 e. The summed E-state index contributed by atoms with van der Waals surface area (Å²) < 4.78 is 0. The molecule has 6 nitrogen and oxygen atoms in total. The average molecular weight is 853 g/mol. The first-order chi connectivity index (χ1) is 31.8. The van der Waals surface area contributed by atoms with E-state index in [0.29, 0.717) is 11.6 Å². The lowest BCUT2D eigenvalue weighted by atomic mass is 10.2. The number of benzene rings is 8. The van der Waals surface area contributed by atoms with Crippen LogP contribution in [0.1, 0.15) is 0 Å². The fourth-order valence-corrected chi connectivity index (χ4v) is 20.7. The van der Waals surface area contributed by atoms with Gasteiger partial charge in [-0.2, -0.15) is 0 Å². The molecule has 4 heterocycles. The highest BCUT2D eigenvalue weighted by Gasteiger charge is 2.50. The Balaban J connectivity index is 1.01. The summed E-state index contributed by atoms with van der Waals surface area (Å²) >= 11 is 0. The van der Waals surface area contributed by atoms with Gasteiger partial charge in [0.1, 0.15) is 11.6 Å². The van der Waals surface area contributed by atoms with Gasteiger partial charge in [-0.1, -0.05) is 194 Å². The van der Waals surface area contributed by atoms with E-state index in [1.165, 1.54) is 41.5 Å². The van der Waals surface area contributed by atoms with E-state index in [4.69, 9.17) is 19.9 Å². The van der Waals surface area contributed by atoms with Crippen molar-refractivity contribution in [2.24, 2.45) is 0 Å². The Kier molecular flexibility index (Phi) is 9.06. The van der Waals surface area contributed by atoms with Crippen molar-refractivity contribution in [3.63, 3.8) is 0 Å². The highest BCUT2D eigenvalue weighted by molar-refractivity contribution is 7.22. The largest absolute Gasteiger partial charge is 0.295 e. The quantitative estimate of drug-likeness (QED) is 0.158. The third-order valence-corrected chi connectivity index (χ3v) is 22.7. The Morgan fingerprint density at radius 3 is 0.797 bits per heavy atom. The van der Waals surface area contributed by atoms with E-state index in [0.717, 1.165) is 34.4 Å². The Labute approximate surface area is 374 Å². The zero-order valence-corrected chi connectivity index (χ0v) is 36.8. The molecule has 64 heavy (non-hydrogen) atoms. The zero-order chi connectivity index (χ0) is 42.5. The monoisotopic (exact) mass is 852 g/mol. The molecule has 0 saturated heterocycles. The molecule has 2 aliphatic rings. The minimum absolute atomic E-state index is 0.449. The second-order valence-corrected chi connectivity index (χ2v) is 23.6. The number of anilines is 6. The third-order valence-electron chi connectivity index (χ3n) is 13.0. The van der Waals surface area contributed by atoms with Crippen molar-refractivity contribution in [1.29, 1.82) is 0 Å². The molecule has 12 rings (SSSR count). The first-order valence-electron chi connectivity index (χ1n) is 21.6. The van der Waals surface area contributed by atoms with Crippen LogP contribution in [0, 0.1) is 0 Å². The van der Waals surface area contributed by atoms with E-state index in [1.807, 2.05) is 24.5 Å². The molecule has 0 amide bonds. The lowest BCUT2D eigenvalue weighted by Gasteiger charge is -2.44. The molecule has 0 N–H and O–H groups in total. The van der Waals surface area contributed by atoms with Crippen molar-refractivity contribution < 1.29 is 0 Å². The average Bonchev–Trinajstić information content (AvgIpc) is 3.38. The van der Waals surface area contributed by atoms with Crippen LogP contribution in [0.5, 0.6) is 0 Å². The first-order valence-corrected chi connectivity index (χ1v) is 25.6. The lowest BCUT2D eigenvalue weighted by molar-refractivity contribution is 1.05. The second-order valence-electron chi connectivity index (χ2n) is 16.2. The number of rotatable bonds is 7. The van der Waals surface area contributed by atoms with E-state index in [-0.39, 0.29) is 0 Å². The molecule has 10 aromatic rings. The Bertz CT molecular complexity index is 2910. The molecule has 2 aromatic heterocycles. The molecule has 0 unspecified atom stereocenters. The van der Waals surface area contributed by atoms with Crippen LogP contribution in [0.15, 0.2) is 243 Å². The molecule has 0 spiro atoms. The minimum atomic E-state index is -2.78. The molecule has 0 fully saturated rings. The first kappa shape index (κ1) is 37.7. The third kappa shape index (κ3) is 5.63. The van der Waals surface area contributed by atoms with E-state index < -0.39 is 16.1 Å². The second kappa shape index (κ2) is 15.4. The molecule has 0 bridgehead atoms. The number of fused-ring (bicyclic) bond motifs is 4. The summed E-state index contributed by atoms with van der Waals surface area (Å²) in [4.78, 5) is 25.0. The summed E-state index contributed by atoms with van der Waals surface area (Å²) in [5.74, 6) is 2.39. The van der Waals surface area contributed by atoms with Gasteiger partial charge in [0.05, 0.1) is 0 Å². The van der Waals surface area contributed by atoms with Crippen LogP contribution in [0.4, 0.5) is 34.4 Å². The van der Waals surface area contributed by atoms with Gasteiger partial charge in [0.15, 0.2) is 27.8 Å². The molecule has 302 valence electrons. The smallest absolute Gasteiger partial charge is 0.199 e. The van der Waals surface area contributed by atoms with Crippen LogP contribution in [0.25, 0.3) is 11.6 Å². The Hall–Kier alpha value is -8.05. The summed E-state index contributed by atoms with van der Waals surface area (Å²) in [5, 5.41) is 10.6. The van der Waals surface area contributed by atoms with E-state index in [2.05, 4.69) is 228 Å². The van der Waals surface area contributed by atoms with Crippen LogP contribution < -0.4 is 51.3 Å². The predicted octanol–water partition coefficient (Wildman–Crippen LogP) is 7.25. The number of nitrogens with zero attached hydrogens (tertiary/aromatic N) is 6. The topological polar surface area (TPSA) is 58.0 Å². The molecular formula is C56H40N6Si2. The Morgan fingerprint density at radius 2 is 0.516 bits per heavy atom. The fraction of sp³-hybridized carbons (Fsp3) is 0. The van der Waals surface area contributed by atoms with Crippen molar-refractivity contribution in [2.75, 3.05) is 9.80 Å². The maximum absolute atomic E-state index is 5.33. The summed E-state index contributed by atoms with van der Waals surface area (Å²) in [6.07, 6.45) is 3.66. The highest BCUT2D eigenvalue weighted by atomic mass is 28.3. The normalized spacial score (nSPS) is 14.1.